The maximum atomic E-state index is 10.9. The summed E-state index contributed by atoms with van der Waals surface area (Å²) in [4.78, 5) is 0. The molecule has 4 aromatic rings. The van der Waals surface area contributed by atoms with Crippen LogP contribution in [0.4, 0.5) is 0 Å². The molecule has 0 atom stereocenters. The van der Waals surface area contributed by atoms with Crippen LogP contribution in [0.3, 0.4) is 0 Å². The van der Waals surface area contributed by atoms with E-state index >= 15 is 0 Å². The van der Waals surface area contributed by atoms with Gasteiger partial charge < -0.3 is 5.11 Å². The Morgan fingerprint density at radius 3 is 1.35 bits per heavy atom. The number of phenols is 1. The Hall–Kier alpha value is -3.32. The van der Waals surface area contributed by atoms with Gasteiger partial charge in [-0.25, -0.2) is 0 Å². The minimum Gasteiger partial charge on any atom is -0.508 e. The second-order valence-electron chi connectivity index (χ2n) is 8.21. The van der Waals surface area contributed by atoms with Gasteiger partial charge in [0.25, 0.3) is 0 Å². The molecule has 0 radical (unpaired) electrons. The smallest absolute Gasteiger partial charge is 0.119 e. The van der Waals surface area contributed by atoms with E-state index in [1.54, 1.807) is 0 Å². The second-order valence-corrected chi connectivity index (χ2v) is 8.21. The lowest BCUT2D eigenvalue weighted by atomic mass is 9.91. The van der Waals surface area contributed by atoms with Gasteiger partial charge in [0.15, 0.2) is 0 Å². The number of aryl methyl sites for hydroxylation is 5. The topological polar surface area (TPSA) is 20.2 Å². The number of aromatic hydroxyl groups is 1. The van der Waals surface area contributed by atoms with Gasteiger partial charge in [0.2, 0.25) is 0 Å². The van der Waals surface area contributed by atoms with E-state index in [0.717, 1.165) is 44.1 Å². The number of phenolic OH excluding ortho intramolecular Hbond substituents is 1. The SMILES string of the molecule is Oc1cc(CCc2ccccc2)cc(CCc2ccccc2)c1CCc1ccccc1. The molecule has 0 saturated carbocycles. The molecule has 4 aromatic carbocycles. The largest absolute Gasteiger partial charge is 0.508 e. The van der Waals surface area contributed by atoms with Gasteiger partial charge >= 0.3 is 0 Å². The predicted octanol–water partition coefficient (Wildman–Crippen LogP) is 6.75. The van der Waals surface area contributed by atoms with Crippen LogP contribution in [0.1, 0.15) is 33.4 Å². The molecule has 0 fully saturated rings. The average Bonchev–Trinajstić information content (AvgIpc) is 2.82. The van der Waals surface area contributed by atoms with Gasteiger partial charge in [0.1, 0.15) is 5.75 Å². The van der Waals surface area contributed by atoms with E-state index in [1.165, 1.54) is 27.8 Å². The summed E-state index contributed by atoms with van der Waals surface area (Å²) >= 11 is 0. The molecule has 0 spiro atoms. The minimum atomic E-state index is 0.449. The summed E-state index contributed by atoms with van der Waals surface area (Å²) in [5, 5.41) is 10.9. The zero-order valence-corrected chi connectivity index (χ0v) is 18.0. The fourth-order valence-corrected chi connectivity index (χ4v) is 4.21. The number of benzene rings is 4. The van der Waals surface area contributed by atoms with Crippen molar-refractivity contribution in [2.75, 3.05) is 0 Å². The molecule has 0 aromatic heterocycles. The lowest BCUT2D eigenvalue weighted by Crippen LogP contribution is -2.03. The van der Waals surface area contributed by atoms with Crippen molar-refractivity contribution in [2.24, 2.45) is 0 Å². The van der Waals surface area contributed by atoms with Crippen LogP contribution in [-0.2, 0) is 38.5 Å². The van der Waals surface area contributed by atoms with Crippen LogP contribution in [0.2, 0.25) is 0 Å². The fourth-order valence-electron chi connectivity index (χ4n) is 4.21. The molecule has 4 rings (SSSR count). The molecule has 31 heavy (non-hydrogen) atoms. The van der Waals surface area contributed by atoms with Crippen LogP contribution in [0.5, 0.6) is 5.75 Å². The van der Waals surface area contributed by atoms with E-state index in [-0.39, 0.29) is 0 Å². The van der Waals surface area contributed by atoms with Crippen LogP contribution in [0.25, 0.3) is 0 Å². The summed E-state index contributed by atoms with van der Waals surface area (Å²) in [7, 11) is 0. The maximum absolute atomic E-state index is 10.9. The highest BCUT2D eigenvalue weighted by Crippen LogP contribution is 2.28. The average molecular weight is 407 g/mol. The molecular formula is C30H30O. The Morgan fingerprint density at radius 2 is 0.839 bits per heavy atom. The molecule has 156 valence electrons. The lowest BCUT2D eigenvalue weighted by molar-refractivity contribution is 0.465. The van der Waals surface area contributed by atoms with Crippen LogP contribution in [0.15, 0.2) is 103 Å². The first-order chi connectivity index (χ1) is 15.3. The van der Waals surface area contributed by atoms with Crippen molar-refractivity contribution in [3.63, 3.8) is 0 Å². The van der Waals surface area contributed by atoms with Crippen LogP contribution < -0.4 is 0 Å². The van der Waals surface area contributed by atoms with Crippen LogP contribution >= 0.6 is 0 Å². The Bertz CT molecular complexity index is 1070. The van der Waals surface area contributed by atoms with E-state index < -0.39 is 0 Å². The first-order valence-electron chi connectivity index (χ1n) is 11.2. The Labute approximate surface area is 186 Å². The zero-order chi connectivity index (χ0) is 21.3. The third-order valence-electron chi connectivity index (χ3n) is 5.96. The first kappa shape index (κ1) is 20.9. The summed E-state index contributed by atoms with van der Waals surface area (Å²) in [6, 6.07) is 36.0. The van der Waals surface area contributed by atoms with Crippen LogP contribution in [0, 0.1) is 0 Å². The first-order valence-corrected chi connectivity index (χ1v) is 11.2. The Kier molecular flexibility index (Phi) is 7.18. The minimum absolute atomic E-state index is 0.449. The maximum Gasteiger partial charge on any atom is 0.119 e. The lowest BCUT2D eigenvalue weighted by Gasteiger charge is -2.15. The third kappa shape index (κ3) is 6.08. The number of rotatable bonds is 9. The fraction of sp³-hybridized carbons (Fsp3) is 0.200. The van der Waals surface area contributed by atoms with Gasteiger partial charge in [0, 0.05) is 0 Å². The van der Waals surface area contributed by atoms with E-state index in [0.29, 0.717) is 5.75 Å². The summed E-state index contributed by atoms with van der Waals surface area (Å²) in [6.45, 7) is 0. The normalized spacial score (nSPS) is 10.8. The quantitative estimate of drug-likeness (QED) is 0.326. The third-order valence-corrected chi connectivity index (χ3v) is 5.96. The van der Waals surface area contributed by atoms with Crippen molar-refractivity contribution >= 4 is 0 Å². The molecule has 0 bridgehead atoms. The van der Waals surface area contributed by atoms with Gasteiger partial charge in [-0.3, -0.25) is 0 Å². The molecule has 0 unspecified atom stereocenters. The van der Waals surface area contributed by atoms with Gasteiger partial charge in [0.05, 0.1) is 0 Å². The highest BCUT2D eigenvalue weighted by Gasteiger charge is 2.12. The van der Waals surface area contributed by atoms with Crippen molar-refractivity contribution < 1.29 is 5.11 Å². The standard InChI is InChI=1S/C30H30O/c31-30-23-27(17-16-24-10-4-1-5-11-24)22-28(20-18-25-12-6-2-7-13-25)29(30)21-19-26-14-8-3-9-15-26/h1-15,22-23,31H,16-21H2. The highest BCUT2D eigenvalue weighted by molar-refractivity contribution is 5.44. The molecule has 0 saturated heterocycles. The Morgan fingerprint density at radius 1 is 0.419 bits per heavy atom. The second kappa shape index (κ2) is 10.6. The van der Waals surface area contributed by atoms with Crippen molar-refractivity contribution in [2.45, 2.75) is 38.5 Å². The molecule has 1 heteroatoms. The van der Waals surface area contributed by atoms with E-state index in [4.69, 9.17) is 0 Å². The van der Waals surface area contributed by atoms with Gasteiger partial charge in [-0.2, -0.15) is 0 Å². The number of hydrogen-bond donors (Lipinski definition) is 1. The molecule has 0 aliphatic carbocycles. The Balaban J connectivity index is 1.54. The summed E-state index contributed by atoms with van der Waals surface area (Å²) in [5.74, 6) is 0.449. The molecule has 0 aliphatic heterocycles. The predicted molar refractivity (Wildman–Crippen MR) is 130 cm³/mol. The molecule has 0 aliphatic rings. The summed E-state index contributed by atoms with van der Waals surface area (Å²) in [5.41, 5.74) is 7.58. The van der Waals surface area contributed by atoms with E-state index in [9.17, 15) is 5.11 Å². The number of hydrogen-bond acceptors (Lipinski definition) is 1. The molecule has 1 N–H and O–H groups in total. The van der Waals surface area contributed by atoms with Crippen molar-refractivity contribution in [1.29, 1.82) is 0 Å². The van der Waals surface area contributed by atoms with Gasteiger partial charge in [-0.1, -0.05) is 97.1 Å². The molecule has 1 nitrogen and oxygen atoms in total. The van der Waals surface area contributed by atoms with E-state index in [1.807, 2.05) is 12.1 Å². The molecule has 0 heterocycles. The highest BCUT2D eigenvalue weighted by atomic mass is 16.3. The van der Waals surface area contributed by atoms with Gasteiger partial charge in [-0.15, -0.1) is 0 Å². The van der Waals surface area contributed by atoms with Crippen molar-refractivity contribution in [3.8, 4) is 5.75 Å². The molecule has 0 amide bonds. The molecular weight excluding hydrogens is 376 g/mol. The van der Waals surface area contributed by atoms with Gasteiger partial charge in [-0.05, 0) is 78.0 Å². The van der Waals surface area contributed by atoms with Crippen LogP contribution in [-0.4, -0.2) is 5.11 Å². The van der Waals surface area contributed by atoms with Crippen molar-refractivity contribution in [1.82, 2.24) is 0 Å². The summed E-state index contributed by atoms with van der Waals surface area (Å²) < 4.78 is 0. The monoisotopic (exact) mass is 406 g/mol. The summed E-state index contributed by atoms with van der Waals surface area (Å²) in [6.07, 6.45) is 5.66. The van der Waals surface area contributed by atoms with Crippen molar-refractivity contribution in [3.05, 3.63) is 137 Å². The van der Waals surface area contributed by atoms with E-state index in [2.05, 4.69) is 91.0 Å². The zero-order valence-electron chi connectivity index (χ0n) is 18.0.